The van der Waals surface area contributed by atoms with Crippen LogP contribution in [-0.4, -0.2) is 0 Å². The summed E-state index contributed by atoms with van der Waals surface area (Å²) in [7, 11) is 0. The van der Waals surface area contributed by atoms with Gasteiger partial charge in [-0.2, -0.15) is 5.26 Å². The molecule has 0 aromatic heterocycles. The van der Waals surface area contributed by atoms with E-state index in [4.69, 9.17) is 4.74 Å². The molecule has 0 saturated heterocycles. The fourth-order valence-corrected chi connectivity index (χ4v) is 5.47. The Morgan fingerprint density at radius 3 is 2.26 bits per heavy atom. The lowest BCUT2D eigenvalue weighted by Crippen LogP contribution is -1.99. The molecular weight excluding hydrogens is 608 g/mol. The molecule has 0 N–H and O–H groups in total. The first kappa shape index (κ1) is 21.8. The molecule has 0 saturated carbocycles. The maximum absolute atomic E-state index is 9.79. The van der Waals surface area contributed by atoms with Gasteiger partial charge in [-0.1, -0.05) is 66.2 Å². The van der Waals surface area contributed by atoms with E-state index in [1.165, 1.54) is 10.9 Å². The van der Waals surface area contributed by atoms with Crippen molar-refractivity contribution in [1.29, 1.82) is 5.26 Å². The molecule has 31 heavy (non-hydrogen) atoms. The lowest BCUT2D eigenvalue weighted by atomic mass is 10.0. The lowest BCUT2D eigenvalue weighted by Gasteiger charge is -2.12. The van der Waals surface area contributed by atoms with Gasteiger partial charge in [0, 0.05) is 0 Å². The van der Waals surface area contributed by atoms with Gasteiger partial charge in [0.05, 0.1) is 18.8 Å². The van der Waals surface area contributed by atoms with Crippen molar-refractivity contribution in [3.63, 3.8) is 0 Å². The molecule has 0 spiro atoms. The number of allylic oxidation sites excluding steroid dienone is 1. The van der Waals surface area contributed by atoms with E-state index in [1.807, 2.05) is 24.3 Å². The maximum Gasteiger partial charge on any atom is 0.146 e. The number of nitriles is 1. The van der Waals surface area contributed by atoms with Crippen molar-refractivity contribution in [2.45, 2.75) is 13.5 Å². The zero-order valence-corrected chi connectivity index (χ0v) is 21.2. The van der Waals surface area contributed by atoms with Gasteiger partial charge < -0.3 is 4.74 Å². The number of ether oxygens (including phenoxy) is 1. The molecule has 4 rings (SSSR count). The van der Waals surface area contributed by atoms with E-state index in [0.29, 0.717) is 12.2 Å². The summed E-state index contributed by atoms with van der Waals surface area (Å²) in [5.41, 5.74) is 4.94. The summed E-state index contributed by atoms with van der Waals surface area (Å²) in [5.74, 6) is 0.878. The van der Waals surface area contributed by atoms with Crippen molar-refractivity contribution in [2.75, 3.05) is 0 Å². The minimum Gasteiger partial charge on any atom is -0.487 e. The quantitative estimate of drug-likeness (QED) is 0.128. The van der Waals surface area contributed by atoms with Crippen LogP contribution in [0.4, 0.5) is 0 Å². The van der Waals surface area contributed by atoms with Gasteiger partial charge in [-0.05, 0) is 104 Å². The van der Waals surface area contributed by atoms with E-state index in [-0.39, 0.29) is 0 Å². The fourth-order valence-electron chi connectivity index (χ4n) is 3.34. The number of benzene rings is 4. The second-order valence-corrected chi connectivity index (χ2v) is 9.64. The van der Waals surface area contributed by atoms with Crippen molar-refractivity contribution in [3.05, 3.63) is 108 Å². The third-order valence-corrected chi connectivity index (χ3v) is 6.62. The van der Waals surface area contributed by atoms with Gasteiger partial charge in [-0.15, -0.1) is 0 Å². The van der Waals surface area contributed by atoms with Crippen LogP contribution in [-0.2, 0) is 6.61 Å². The molecule has 0 aliphatic heterocycles. The summed E-state index contributed by atoms with van der Waals surface area (Å²) in [6, 6.07) is 29.2. The van der Waals surface area contributed by atoms with Crippen LogP contribution in [0.5, 0.6) is 5.75 Å². The summed E-state index contributed by atoms with van der Waals surface area (Å²) in [4.78, 5) is 0. The molecule has 4 aromatic carbocycles. The number of hydrogen-bond donors (Lipinski definition) is 0. The van der Waals surface area contributed by atoms with Crippen LogP contribution in [0.1, 0.15) is 22.3 Å². The smallest absolute Gasteiger partial charge is 0.146 e. The molecule has 0 amide bonds. The molecule has 0 atom stereocenters. The van der Waals surface area contributed by atoms with Crippen LogP contribution in [0.15, 0.2) is 78.9 Å². The Labute approximate surface area is 209 Å². The monoisotopic (exact) mass is 627 g/mol. The average molecular weight is 627 g/mol. The second-order valence-electron chi connectivity index (χ2n) is 7.32. The first-order valence-electron chi connectivity index (χ1n) is 9.82. The highest BCUT2D eigenvalue weighted by Crippen LogP contribution is 2.31. The molecule has 0 bridgehead atoms. The zero-order valence-electron chi connectivity index (χ0n) is 16.9. The minimum absolute atomic E-state index is 0.530. The molecule has 0 aliphatic carbocycles. The molecule has 0 aliphatic rings. The Kier molecular flexibility index (Phi) is 6.93. The molecule has 0 unspecified atom stereocenters. The summed E-state index contributed by atoms with van der Waals surface area (Å²) in [5, 5.41) is 12.1. The number of aryl methyl sites for hydroxylation is 1. The van der Waals surface area contributed by atoms with Gasteiger partial charge in [-0.25, -0.2) is 0 Å². The summed E-state index contributed by atoms with van der Waals surface area (Å²) in [6.07, 6.45) is 1.94. The third kappa shape index (κ3) is 5.28. The molecular formula is C27H19I2NO. The number of rotatable bonds is 5. The topological polar surface area (TPSA) is 33.0 Å². The Hall–Kier alpha value is -2.37. The first-order valence-corrected chi connectivity index (χ1v) is 12.0. The highest BCUT2D eigenvalue weighted by atomic mass is 127. The number of nitrogens with zero attached hydrogens (tertiary/aromatic N) is 1. The zero-order chi connectivity index (χ0) is 21.8. The van der Waals surface area contributed by atoms with E-state index in [0.717, 1.165) is 35.0 Å². The van der Waals surface area contributed by atoms with Gasteiger partial charge in [0.2, 0.25) is 0 Å². The highest BCUT2D eigenvalue weighted by molar-refractivity contribution is 14.1. The first-order chi connectivity index (χ1) is 15.0. The predicted molar refractivity (Wildman–Crippen MR) is 145 cm³/mol. The molecule has 4 heteroatoms. The number of fused-ring (bicyclic) bond motifs is 1. The Balaban J connectivity index is 1.60. The number of halogens is 2. The molecule has 0 heterocycles. The van der Waals surface area contributed by atoms with Crippen molar-refractivity contribution in [2.24, 2.45) is 0 Å². The van der Waals surface area contributed by atoms with Crippen molar-refractivity contribution in [1.82, 2.24) is 0 Å². The van der Waals surface area contributed by atoms with Gasteiger partial charge in [0.1, 0.15) is 12.4 Å². The molecule has 152 valence electrons. The van der Waals surface area contributed by atoms with Crippen LogP contribution in [0.25, 0.3) is 22.4 Å². The van der Waals surface area contributed by atoms with E-state index in [9.17, 15) is 5.26 Å². The highest BCUT2D eigenvalue weighted by Gasteiger charge is 2.10. The molecule has 2 nitrogen and oxygen atoms in total. The fraction of sp³-hybridized carbons (Fsp3) is 0.0741. The van der Waals surface area contributed by atoms with Crippen LogP contribution in [0, 0.1) is 25.4 Å². The van der Waals surface area contributed by atoms with Crippen molar-refractivity contribution < 1.29 is 4.74 Å². The summed E-state index contributed by atoms with van der Waals surface area (Å²) in [6.45, 7) is 2.61. The second kappa shape index (κ2) is 9.84. The lowest BCUT2D eigenvalue weighted by molar-refractivity contribution is 0.301. The SMILES string of the molecule is Cc1ccc(COc2c(I)cc(/C=C(/C#N)c3ccc4ccccc4c3)cc2I)cc1. The van der Waals surface area contributed by atoms with Gasteiger partial charge in [0.25, 0.3) is 0 Å². The van der Waals surface area contributed by atoms with Crippen LogP contribution < -0.4 is 4.74 Å². The predicted octanol–water partition coefficient (Wildman–Crippen LogP) is 8.00. The van der Waals surface area contributed by atoms with Crippen LogP contribution in [0.2, 0.25) is 0 Å². The average Bonchev–Trinajstić information content (AvgIpc) is 2.78. The van der Waals surface area contributed by atoms with E-state index < -0.39 is 0 Å². The summed E-state index contributed by atoms with van der Waals surface area (Å²) < 4.78 is 8.17. The normalized spacial score (nSPS) is 11.4. The van der Waals surface area contributed by atoms with Crippen LogP contribution in [0.3, 0.4) is 0 Å². The van der Waals surface area contributed by atoms with Crippen molar-refractivity contribution in [3.8, 4) is 11.8 Å². The number of hydrogen-bond acceptors (Lipinski definition) is 2. The summed E-state index contributed by atoms with van der Waals surface area (Å²) >= 11 is 4.61. The van der Waals surface area contributed by atoms with E-state index >= 15 is 0 Å². The largest absolute Gasteiger partial charge is 0.487 e. The Morgan fingerprint density at radius 2 is 1.58 bits per heavy atom. The van der Waals surface area contributed by atoms with E-state index in [1.54, 1.807) is 0 Å². The van der Waals surface area contributed by atoms with Gasteiger partial charge in [0.15, 0.2) is 0 Å². The van der Waals surface area contributed by atoms with E-state index in [2.05, 4.69) is 119 Å². The molecule has 4 aromatic rings. The Morgan fingerprint density at radius 1 is 0.903 bits per heavy atom. The van der Waals surface area contributed by atoms with Crippen molar-refractivity contribution >= 4 is 67.6 Å². The van der Waals surface area contributed by atoms with Gasteiger partial charge in [-0.3, -0.25) is 0 Å². The standard InChI is InChI=1S/C27H19I2NO/c1-18-6-8-19(9-7-18)17-31-27-25(28)13-20(14-26(27)29)12-24(16-30)23-11-10-21-4-2-3-5-22(21)15-23/h2-15H,17H2,1H3/b24-12-. The maximum atomic E-state index is 9.79. The molecule has 0 fully saturated rings. The minimum atomic E-state index is 0.530. The van der Waals surface area contributed by atoms with Gasteiger partial charge >= 0.3 is 0 Å². The molecule has 0 radical (unpaired) electrons. The third-order valence-electron chi connectivity index (χ3n) is 5.02. The Bertz CT molecular complexity index is 1290. The van der Waals surface area contributed by atoms with Crippen LogP contribution >= 0.6 is 45.2 Å².